The highest BCUT2D eigenvalue weighted by atomic mass is 35.5. The van der Waals surface area contributed by atoms with Gasteiger partial charge in [-0.25, -0.2) is 0 Å². The summed E-state index contributed by atoms with van der Waals surface area (Å²) in [5.41, 5.74) is 2.45. The second-order valence-corrected chi connectivity index (χ2v) is 17.5. The molecule has 59 heavy (non-hydrogen) atoms. The lowest BCUT2D eigenvalue weighted by Gasteiger charge is -2.49. The van der Waals surface area contributed by atoms with Crippen molar-refractivity contribution in [3.05, 3.63) is 75.9 Å². The number of benzene rings is 2. The Hall–Kier alpha value is -5.59. The summed E-state index contributed by atoms with van der Waals surface area (Å²) < 4.78 is 6.08. The highest BCUT2D eigenvalue weighted by Gasteiger charge is 2.49. The Labute approximate surface area is 347 Å². The van der Waals surface area contributed by atoms with Gasteiger partial charge in [0.15, 0.2) is 11.5 Å². The van der Waals surface area contributed by atoms with Crippen molar-refractivity contribution in [2.45, 2.75) is 76.0 Å². The predicted octanol–water partition coefficient (Wildman–Crippen LogP) is 3.95. The van der Waals surface area contributed by atoms with E-state index in [2.05, 4.69) is 41.6 Å². The van der Waals surface area contributed by atoms with Crippen LogP contribution in [0.5, 0.6) is 5.75 Å². The zero-order chi connectivity index (χ0) is 40.8. The maximum absolute atomic E-state index is 13.3. The SMILES string of the molecule is N#Cc1ccc(O[C@H]2CC[C@H](NC(=O)c3ccc(N4CCC(CN5CCC6(C5)CN(c5ccc7c(c5)C(=O)N(C5CCC(=O)NC5=O)C7=O)C6)CC4)nn3)CC2)cc1Cl. The van der Waals surface area contributed by atoms with Gasteiger partial charge in [0.1, 0.15) is 17.9 Å². The summed E-state index contributed by atoms with van der Waals surface area (Å²) >= 11 is 6.15. The number of amides is 5. The van der Waals surface area contributed by atoms with E-state index < -0.39 is 29.7 Å². The first-order chi connectivity index (χ1) is 28.5. The summed E-state index contributed by atoms with van der Waals surface area (Å²) in [6, 6.07) is 15.2. The molecule has 2 aromatic carbocycles. The lowest BCUT2D eigenvalue weighted by Crippen LogP contribution is -2.58. The van der Waals surface area contributed by atoms with Crippen LogP contribution in [0.3, 0.4) is 0 Å². The molecule has 5 amide bonds. The van der Waals surface area contributed by atoms with E-state index in [0.29, 0.717) is 39.1 Å². The third-order valence-electron chi connectivity index (χ3n) is 13.1. The Morgan fingerprint density at radius 1 is 0.881 bits per heavy atom. The lowest BCUT2D eigenvalue weighted by atomic mass is 9.78. The number of hydrogen-bond acceptors (Lipinski definition) is 12. The molecule has 0 bridgehead atoms. The van der Waals surface area contributed by atoms with E-state index >= 15 is 0 Å². The minimum atomic E-state index is -0.970. The molecular weight excluding hydrogens is 774 g/mol. The Kier molecular flexibility index (Phi) is 10.5. The van der Waals surface area contributed by atoms with Gasteiger partial charge in [-0.2, -0.15) is 5.26 Å². The fourth-order valence-corrected chi connectivity index (χ4v) is 10.0. The molecule has 5 fully saturated rings. The van der Waals surface area contributed by atoms with Crippen molar-refractivity contribution in [3.63, 3.8) is 0 Å². The van der Waals surface area contributed by atoms with Crippen molar-refractivity contribution in [3.8, 4) is 11.8 Å². The number of rotatable bonds is 9. The number of likely N-dealkylation sites (tertiary alicyclic amines) is 1. The van der Waals surface area contributed by atoms with Crippen LogP contribution >= 0.6 is 11.6 Å². The fraction of sp³-hybridized carbons (Fsp3) is 0.488. The van der Waals surface area contributed by atoms with Gasteiger partial charge >= 0.3 is 0 Å². The Morgan fingerprint density at radius 3 is 2.37 bits per heavy atom. The number of nitriles is 1. The topological polar surface area (TPSA) is 181 Å². The third kappa shape index (κ3) is 7.83. The molecule has 15 nitrogen and oxygen atoms in total. The molecule has 9 rings (SSSR count). The van der Waals surface area contributed by atoms with Gasteiger partial charge in [-0.15, -0.1) is 10.2 Å². The molecule has 5 aliphatic heterocycles. The molecule has 1 aromatic heterocycles. The van der Waals surface area contributed by atoms with Crippen molar-refractivity contribution >= 4 is 52.6 Å². The van der Waals surface area contributed by atoms with Crippen LogP contribution in [0, 0.1) is 22.7 Å². The number of anilines is 2. The number of imide groups is 2. The van der Waals surface area contributed by atoms with Gasteiger partial charge in [0.25, 0.3) is 17.7 Å². The second kappa shape index (κ2) is 15.9. The zero-order valence-electron chi connectivity index (χ0n) is 32.7. The molecular formula is C43H46ClN9O6. The van der Waals surface area contributed by atoms with Crippen LogP contribution in [0.4, 0.5) is 11.5 Å². The van der Waals surface area contributed by atoms with E-state index in [1.165, 1.54) is 0 Å². The van der Waals surface area contributed by atoms with Crippen LogP contribution in [-0.2, 0) is 9.59 Å². The van der Waals surface area contributed by atoms with E-state index in [9.17, 15) is 24.0 Å². The molecule has 2 N–H and O–H groups in total. The highest BCUT2D eigenvalue weighted by molar-refractivity contribution is 6.31. The number of nitrogens with one attached hydrogen (secondary N) is 2. The van der Waals surface area contributed by atoms with Crippen LogP contribution in [0.2, 0.25) is 5.02 Å². The summed E-state index contributed by atoms with van der Waals surface area (Å²) in [5, 5.41) is 23.6. The smallest absolute Gasteiger partial charge is 0.272 e. The van der Waals surface area contributed by atoms with Crippen LogP contribution in [0.25, 0.3) is 0 Å². The van der Waals surface area contributed by atoms with Gasteiger partial charge in [0.05, 0.1) is 27.8 Å². The number of hydrogen-bond donors (Lipinski definition) is 2. The maximum atomic E-state index is 13.3. The van der Waals surface area contributed by atoms with Gasteiger partial charge in [-0.05, 0) is 106 Å². The molecule has 6 aliphatic rings. The largest absolute Gasteiger partial charge is 0.490 e. The molecule has 1 saturated carbocycles. The van der Waals surface area contributed by atoms with Gasteiger partial charge in [0, 0.05) is 68.9 Å². The summed E-state index contributed by atoms with van der Waals surface area (Å²) in [4.78, 5) is 71.7. The Morgan fingerprint density at radius 2 is 1.66 bits per heavy atom. The number of nitrogens with zero attached hydrogens (tertiary/aromatic N) is 7. The first-order valence-electron chi connectivity index (χ1n) is 20.6. The van der Waals surface area contributed by atoms with Crippen LogP contribution < -0.4 is 25.2 Å². The van der Waals surface area contributed by atoms with Crippen molar-refractivity contribution < 1.29 is 28.7 Å². The zero-order valence-corrected chi connectivity index (χ0v) is 33.5. The number of carbonyl (C=O) groups excluding carboxylic acids is 5. The lowest BCUT2D eigenvalue weighted by molar-refractivity contribution is -0.136. The first kappa shape index (κ1) is 38.9. The van der Waals surface area contributed by atoms with E-state index in [-0.39, 0.29) is 36.3 Å². The molecule has 1 unspecified atom stereocenters. The molecule has 6 heterocycles. The van der Waals surface area contributed by atoms with Gasteiger partial charge in [-0.3, -0.25) is 34.2 Å². The predicted molar refractivity (Wildman–Crippen MR) is 216 cm³/mol. The molecule has 16 heteroatoms. The number of carbonyl (C=O) groups is 5. The van der Waals surface area contributed by atoms with Crippen LogP contribution in [0.1, 0.15) is 94.6 Å². The van der Waals surface area contributed by atoms with Crippen LogP contribution in [-0.4, -0.2) is 114 Å². The molecule has 4 saturated heterocycles. The van der Waals surface area contributed by atoms with E-state index in [1.54, 1.807) is 36.4 Å². The molecule has 1 aliphatic carbocycles. The van der Waals surface area contributed by atoms with Gasteiger partial charge < -0.3 is 24.8 Å². The second-order valence-electron chi connectivity index (χ2n) is 17.0. The number of ether oxygens (including phenoxy) is 1. The van der Waals surface area contributed by atoms with Crippen molar-refractivity contribution in [2.24, 2.45) is 11.3 Å². The van der Waals surface area contributed by atoms with E-state index in [0.717, 1.165) is 107 Å². The number of fused-ring (bicyclic) bond motifs is 1. The molecule has 0 radical (unpaired) electrons. The molecule has 306 valence electrons. The average molecular weight is 820 g/mol. The quantitative estimate of drug-likeness (QED) is 0.297. The fourth-order valence-electron chi connectivity index (χ4n) is 9.80. The summed E-state index contributed by atoms with van der Waals surface area (Å²) in [6.07, 6.45) is 6.65. The van der Waals surface area contributed by atoms with E-state index in [1.807, 2.05) is 12.1 Å². The third-order valence-corrected chi connectivity index (χ3v) is 13.4. The van der Waals surface area contributed by atoms with Gasteiger partial charge in [-0.1, -0.05) is 11.6 Å². The number of piperidine rings is 2. The highest BCUT2D eigenvalue weighted by Crippen LogP contribution is 2.43. The molecule has 3 aromatic rings. The van der Waals surface area contributed by atoms with Crippen LogP contribution in [0.15, 0.2) is 48.5 Å². The van der Waals surface area contributed by atoms with Gasteiger partial charge in [0.2, 0.25) is 11.8 Å². The standard InChI is InChI=1S/C43H46ClN9O6/c44-34-20-31(5-1-27(34)21-45)59-30-6-2-28(3-7-30)46-39(55)35-9-11-37(49-48-35)51-16-13-26(14-17-51)22-50-18-15-43(23-50)24-52(25-43)29-4-8-32-33(19-29)42(58)53(41(32)57)36-10-12-38(54)47-40(36)56/h1,4-5,8-9,11,19-20,26,28,30,36H,2-3,6-7,10,12-18,22-25H2,(H,46,55)(H,47,54,56)/t28-,30-,36?. The number of halogens is 1. The minimum Gasteiger partial charge on any atom is -0.490 e. The monoisotopic (exact) mass is 819 g/mol. The summed E-state index contributed by atoms with van der Waals surface area (Å²) in [6.45, 7) is 6.71. The first-order valence-corrected chi connectivity index (χ1v) is 21.0. The number of aromatic nitrogens is 2. The maximum Gasteiger partial charge on any atom is 0.272 e. The minimum absolute atomic E-state index is 0.0217. The summed E-state index contributed by atoms with van der Waals surface area (Å²) in [7, 11) is 0. The van der Waals surface area contributed by atoms with E-state index in [4.69, 9.17) is 21.6 Å². The Bertz CT molecular complexity index is 2220. The van der Waals surface area contributed by atoms with Crippen molar-refractivity contribution in [1.29, 1.82) is 5.26 Å². The molecule has 1 spiro atoms. The average Bonchev–Trinajstić information content (AvgIpc) is 3.76. The Balaban J connectivity index is 0.697. The molecule has 1 atom stereocenters. The van der Waals surface area contributed by atoms with Crippen molar-refractivity contribution in [1.82, 2.24) is 30.6 Å². The summed E-state index contributed by atoms with van der Waals surface area (Å²) in [5.74, 6) is -0.161. The van der Waals surface area contributed by atoms with Crippen molar-refractivity contribution in [2.75, 3.05) is 55.6 Å². The normalized spacial score (nSPS) is 24.5.